The summed E-state index contributed by atoms with van der Waals surface area (Å²) in [5, 5.41) is 4.49. The Kier molecular flexibility index (Phi) is 6.36. The second kappa shape index (κ2) is 8.03. The van der Waals surface area contributed by atoms with Crippen molar-refractivity contribution in [2.75, 3.05) is 29.6 Å². The van der Waals surface area contributed by atoms with Crippen molar-refractivity contribution in [1.29, 1.82) is 0 Å². The van der Waals surface area contributed by atoms with Gasteiger partial charge in [-0.05, 0) is 57.4 Å². The van der Waals surface area contributed by atoms with E-state index in [2.05, 4.69) is 45.3 Å². The first-order chi connectivity index (χ1) is 10.2. The molecule has 1 N–H and O–H groups in total. The maximum Gasteiger partial charge on any atom is 0.231 e. The van der Waals surface area contributed by atoms with Crippen molar-refractivity contribution in [3.8, 4) is 0 Å². The fourth-order valence-electron chi connectivity index (χ4n) is 2.68. The topological polar surface area (TPSA) is 53.9 Å². The molecule has 118 valence electrons. The van der Waals surface area contributed by atoms with E-state index in [0.717, 1.165) is 31.2 Å². The molecule has 0 bridgehead atoms. The van der Waals surface area contributed by atoms with Crippen LogP contribution in [0.5, 0.6) is 0 Å². The summed E-state index contributed by atoms with van der Waals surface area (Å²) in [6.45, 7) is 5.88. The first kappa shape index (κ1) is 16.6. The lowest BCUT2D eigenvalue weighted by Crippen LogP contribution is -2.29. The van der Waals surface area contributed by atoms with Gasteiger partial charge in [0, 0.05) is 24.4 Å². The first-order valence-electron chi connectivity index (χ1n) is 7.62. The van der Waals surface area contributed by atoms with Crippen molar-refractivity contribution in [2.24, 2.45) is 0 Å². The molecule has 0 amide bonds. The van der Waals surface area contributed by atoms with Gasteiger partial charge in [0.1, 0.15) is 0 Å². The van der Waals surface area contributed by atoms with Gasteiger partial charge in [0.25, 0.3) is 0 Å². The molecule has 0 unspecified atom stereocenters. The SMILES string of the molecule is CCN(CC)c1nc(Cl)nc(NC2CCC(SC)CC2)n1. The van der Waals surface area contributed by atoms with E-state index in [4.69, 9.17) is 11.6 Å². The number of hydrogen-bond donors (Lipinski definition) is 1. The third kappa shape index (κ3) is 4.61. The predicted octanol–water partition coefficient (Wildman–Crippen LogP) is 3.46. The van der Waals surface area contributed by atoms with Gasteiger partial charge in [-0.15, -0.1) is 0 Å². The second-order valence-electron chi connectivity index (χ2n) is 5.25. The van der Waals surface area contributed by atoms with Gasteiger partial charge in [-0.25, -0.2) is 0 Å². The highest BCUT2D eigenvalue weighted by atomic mass is 35.5. The van der Waals surface area contributed by atoms with Gasteiger partial charge in [-0.1, -0.05) is 0 Å². The molecule has 0 aliphatic heterocycles. The van der Waals surface area contributed by atoms with Crippen molar-refractivity contribution >= 4 is 35.3 Å². The van der Waals surface area contributed by atoms with Crippen molar-refractivity contribution < 1.29 is 0 Å². The monoisotopic (exact) mass is 329 g/mol. The Hall–Kier alpha value is -0.750. The van der Waals surface area contributed by atoms with E-state index in [-0.39, 0.29) is 5.28 Å². The molecule has 0 atom stereocenters. The molecular formula is C14H24ClN5S. The van der Waals surface area contributed by atoms with Crippen LogP contribution in [0.4, 0.5) is 11.9 Å². The van der Waals surface area contributed by atoms with Gasteiger partial charge >= 0.3 is 0 Å². The Bertz CT molecular complexity index is 447. The lowest BCUT2D eigenvalue weighted by molar-refractivity contribution is 0.471. The summed E-state index contributed by atoms with van der Waals surface area (Å²) < 4.78 is 0. The van der Waals surface area contributed by atoms with Gasteiger partial charge in [0.15, 0.2) is 0 Å². The number of hydrogen-bond acceptors (Lipinski definition) is 6. The zero-order valence-corrected chi connectivity index (χ0v) is 14.5. The quantitative estimate of drug-likeness (QED) is 0.862. The first-order valence-corrected chi connectivity index (χ1v) is 9.28. The normalized spacial score (nSPS) is 22.1. The van der Waals surface area contributed by atoms with Crippen LogP contribution in [0.2, 0.25) is 5.28 Å². The molecule has 0 aromatic carbocycles. The van der Waals surface area contributed by atoms with Crippen LogP contribution in [-0.2, 0) is 0 Å². The minimum absolute atomic E-state index is 0.257. The minimum atomic E-state index is 0.257. The van der Waals surface area contributed by atoms with E-state index in [1.54, 1.807) is 0 Å². The summed E-state index contributed by atoms with van der Waals surface area (Å²) in [6, 6.07) is 0.441. The van der Waals surface area contributed by atoms with E-state index in [1.165, 1.54) is 12.8 Å². The number of rotatable bonds is 6. The molecule has 1 aliphatic rings. The molecule has 0 saturated heterocycles. The second-order valence-corrected chi connectivity index (χ2v) is 6.73. The van der Waals surface area contributed by atoms with Gasteiger partial charge in [0.05, 0.1) is 0 Å². The lowest BCUT2D eigenvalue weighted by atomic mass is 9.95. The maximum absolute atomic E-state index is 6.04. The Morgan fingerprint density at radius 1 is 1.14 bits per heavy atom. The van der Waals surface area contributed by atoms with E-state index < -0.39 is 0 Å². The summed E-state index contributed by atoms with van der Waals surface area (Å²) >= 11 is 8.01. The number of anilines is 2. The molecule has 1 fully saturated rings. The maximum atomic E-state index is 6.04. The highest BCUT2D eigenvalue weighted by Crippen LogP contribution is 2.28. The number of aromatic nitrogens is 3. The average Bonchev–Trinajstić information content (AvgIpc) is 2.49. The molecule has 5 nitrogen and oxygen atoms in total. The Balaban J connectivity index is 2.03. The van der Waals surface area contributed by atoms with Crippen molar-refractivity contribution in [3.05, 3.63) is 5.28 Å². The zero-order chi connectivity index (χ0) is 15.2. The van der Waals surface area contributed by atoms with Crippen molar-refractivity contribution in [3.63, 3.8) is 0 Å². The average molecular weight is 330 g/mol. The largest absolute Gasteiger partial charge is 0.351 e. The van der Waals surface area contributed by atoms with Gasteiger partial charge in [-0.3, -0.25) is 0 Å². The summed E-state index contributed by atoms with van der Waals surface area (Å²) in [5.74, 6) is 1.25. The van der Waals surface area contributed by atoms with Crippen molar-refractivity contribution in [2.45, 2.75) is 50.8 Å². The molecule has 1 heterocycles. The zero-order valence-electron chi connectivity index (χ0n) is 13.0. The molecule has 0 radical (unpaired) electrons. The number of nitrogens with one attached hydrogen (secondary N) is 1. The summed E-state index contributed by atoms with van der Waals surface area (Å²) in [7, 11) is 0. The summed E-state index contributed by atoms with van der Waals surface area (Å²) in [5.41, 5.74) is 0. The molecule has 21 heavy (non-hydrogen) atoms. The number of thioether (sulfide) groups is 1. The van der Waals surface area contributed by atoms with Crippen LogP contribution >= 0.6 is 23.4 Å². The third-order valence-corrected chi connectivity index (χ3v) is 5.29. The number of nitrogens with zero attached hydrogens (tertiary/aromatic N) is 4. The summed E-state index contributed by atoms with van der Waals surface area (Å²) in [6.07, 6.45) is 7.02. The van der Waals surface area contributed by atoms with Crippen LogP contribution in [0, 0.1) is 0 Å². The Morgan fingerprint density at radius 2 is 1.81 bits per heavy atom. The minimum Gasteiger partial charge on any atom is -0.351 e. The predicted molar refractivity (Wildman–Crippen MR) is 91.6 cm³/mol. The molecular weight excluding hydrogens is 306 g/mol. The molecule has 7 heteroatoms. The Labute approximate surface area is 136 Å². The van der Waals surface area contributed by atoms with Gasteiger partial charge in [-0.2, -0.15) is 26.7 Å². The van der Waals surface area contributed by atoms with E-state index >= 15 is 0 Å². The van der Waals surface area contributed by atoms with E-state index in [0.29, 0.717) is 17.9 Å². The van der Waals surface area contributed by atoms with Crippen LogP contribution in [0.25, 0.3) is 0 Å². The van der Waals surface area contributed by atoms with Gasteiger partial charge in [0.2, 0.25) is 17.2 Å². The molecule has 0 spiro atoms. The highest BCUT2D eigenvalue weighted by Gasteiger charge is 2.21. The van der Waals surface area contributed by atoms with Crippen LogP contribution in [0.15, 0.2) is 0 Å². The smallest absolute Gasteiger partial charge is 0.231 e. The fourth-order valence-corrected chi connectivity index (χ4v) is 3.58. The molecule has 1 aliphatic carbocycles. The van der Waals surface area contributed by atoms with Crippen molar-refractivity contribution in [1.82, 2.24) is 15.0 Å². The van der Waals surface area contributed by atoms with Crippen LogP contribution < -0.4 is 10.2 Å². The lowest BCUT2D eigenvalue weighted by Gasteiger charge is -2.28. The molecule has 1 aromatic rings. The van der Waals surface area contributed by atoms with Gasteiger partial charge < -0.3 is 10.2 Å². The summed E-state index contributed by atoms with van der Waals surface area (Å²) in [4.78, 5) is 15.0. The Morgan fingerprint density at radius 3 is 2.38 bits per heavy atom. The van der Waals surface area contributed by atoms with Crippen LogP contribution in [0.1, 0.15) is 39.5 Å². The highest BCUT2D eigenvalue weighted by molar-refractivity contribution is 7.99. The number of halogens is 1. The van der Waals surface area contributed by atoms with E-state index in [1.807, 2.05) is 11.8 Å². The van der Waals surface area contributed by atoms with Crippen LogP contribution in [-0.4, -0.2) is 45.6 Å². The third-order valence-electron chi connectivity index (χ3n) is 3.98. The molecule has 2 rings (SSSR count). The fraction of sp³-hybridized carbons (Fsp3) is 0.786. The molecule has 1 aromatic heterocycles. The molecule has 1 saturated carbocycles. The van der Waals surface area contributed by atoms with Crippen LogP contribution in [0.3, 0.4) is 0 Å². The standard InChI is InChI=1S/C14H24ClN5S/c1-4-20(5-2)14-18-12(15)17-13(19-14)16-10-6-8-11(21-3)9-7-10/h10-11H,4-9H2,1-3H3,(H,16,17,18,19). The van der Waals surface area contributed by atoms with E-state index in [9.17, 15) is 0 Å².